The van der Waals surface area contributed by atoms with Crippen LogP contribution in [0.15, 0.2) is 53.8 Å². The quantitative estimate of drug-likeness (QED) is 0.378. The van der Waals surface area contributed by atoms with Gasteiger partial charge in [-0.2, -0.15) is 0 Å². The number of fused-ring (bicyclic) bond motifs is 9. The van der Waals surface area contributed by atoms with Gasteiger partial charge in [-0.25, -0.2) is 15.0 Å². The van der Waals surface area contributed by atoms with Crippen molar-refractivity contribution in [2.75, 3.05) is 36.4 Å². The van der Waals surface area contributed by atoms with E-state index < -0.39 is 0 Å². The maximum Gasteiger partial charge on any atom is 0.251 e. The van der Waals surface area contributed by atoms with E-state index in [1.54, 1.807) is 24.8 Å². The molecule has 3 aromatic heterocycles. The molecule has 2 aliphatic heterocycles. The minimum Gasteiger partial charge on any atom is -0.480 e. The molecule has 6 rings (SSSR count). The third-order valence-corrected chi connectivity index (χ3v) is 8.11. The molecule has 1 fully saturated rings. The van der Waals surface area contributed by atoms with Gasteiger partial charge in [-0.05, 0) is 54.6 Å². The van der Waals surface area contributed by atoms with E-state index in [9.17, 15) is 4.79 Å². The lowest BCUT2D eigenvalue weighted by molar-refractivity contribution is 0.0948. The molecule has 1 aromatic carbocycles. The van der Waals surface area contributed by atoms with Gasteiger partial charge >= 0.3 is 0 Å². The van der Waals surface area contributed by atoms with Gasteiger partial charge in [0.1, 0.15) is 17.8 Å². The Hall–Kier alpha value is -3.37. The number of rotatable bonds is 1. The van der Waals surface area contributed by atoms with Crippen LogP contribution in [0.25, 0.3) is 20.7 Å². The van der Waals surface area contributed by atoms with Crippen LogP contribution in [0.4, 0.5) is 11.5 Å². The largest absolute Gasteiger partial charge is 0.480 e. The average molecular weight is 491 g/mol. The van der Waals surface area contributed by atoms with Crippen molar-refractivity contribution in [3.05, 3.63) is 54.5 Å². The van der Waals surface area contributed by atoms with Gasteiger partial charge in [0.15, 0.2) is 0 Å². The van der Waals surface area contributed by atoms with Crippen molar-refractivity contribution in [2.24, 2.45) is 5.92 Å². The van der Waals surface area contributed by atoms with Crippen molar-refractivity contribution >= 4 is 50.9 Å². The second-order valence-corrected chi connectivity index (χ2v) is 10.3. The number of ether oxygens (including phenoxy) is 1. The molecular formula is C24H22N6O2S2. The molecule has 1 unspecified atom stereocenters. The smallest absolute Gasteiger partial charge is 0.251 e. The molecule has 0 radical (unpaired) electrons. The number of benzene rings is 1. The van der Waals surface area contributed by atoms with Crippen molar-refractivity contribution in [2.45, 2.75) is 11.3 Å². The fraction of sp³-hybridized carbons (Fsp3) is 0.250. The van der Waals surface area contributed by atoms with Gasteiger partial charge in [-0.3, -0.25) is 4.79 Å². The fourth-order valence-electron chi connectivity index (χ4n) is 4.38. The highest BCUT2D eigenvalue weighted by Gasteiger charge is 2.26. The summed E-state index contributed by atoms with van der Waals surface area (Å²) in [6.07, 6.45) is 4.46. The number of aromatic nitrogens is 3. The number of amides is 1. The molecule has 8 nitrogen and oxygen atoms in total. The molecule has 1 amide bonds. The van der Waals surface area contributed by atoms with Crippen molar-refractivity contribution in [1.82, 2.24) is 20.3 Å². The highest BCUT2D eigenvalue weighted by molar-refractivity contribution is 8.00. The Labute approximate surface area is 204 Å². The van der Waals surface area contributed by atoms with E-state index in [0.717, 1.165) is 56.6 Å². The summed E-state index contributed by atoms with van der Waals surface area (Å²) in [6.45, 7) is 2.40. The minimum atomic E-state index is -0.0596. The number of hydrogen-bond donors (Lipinski definition) is 2. The van der Waals surface area contributed by atoms with Gasteiger partial charge in [-0.1, -0.05) is 6.07 Å². The Morgan fingerprint density at radius 2 is 2.09 bits per heavy atom. The zero-order valence-electron chi connectivity index (χ0n) is 18.4. The number of nitrogens with one attached hydrogen (secondary N) is 2. The lowest BCUT2D eigenvalue weighted by Gasteiger charge is -2.18. The van der Waals surface area contributed by atoms with E-state index in [4.69, 9.17) is 4.74 Å². The van der Waals surface area contributed by atoms with Crippen LogP contribution in [0.3, 0.4) is 0 Å². The summed E-state index contributed by atoms with van der Waals surface area (Å²) in [4.78, 5) is 30.8. The molecule has 172 valence electrons. The zero-order chi connectivity index (χ0) is 23.1. The molecule has 4 aromatic rings. The Morgan fingerprint density at radius 1 is 1.15 bits per heavy atom. The fourth-order valence-corrected chi connectivity index (χ4v) is 6.19. The number of pyridine rings is 1. The average Bonchev–Trinajstić information content (AvgIpc) is 3.53. The topological polar surface area (TPSA) is 92.3 Å². The standard InChI is InChI=1S/C24H22N6O2S2/c1-32-24-19-8-16(11-26-24)20-9-18-21(33-20)22(28-13-27-18)30-6-5-14(12-30)10-25-23(31)15-3-2-4-17(7-15)34-29-19/h2-4,7-9,11,13-14,29H,5-6,10,12H2,1H3,(H,25,31). The lowest BCUT2D eigenvalue weighted by atomic mass is 10.1. The number of nitrogens with zero attached hydrogens (tertiary/aromatic N) is 4. The van der Waals surface area contributed by atoms with Crippen molar-refractivity contribution in [1.29, 1.82) is 0 Å². The van der Waals surface area contributed by atoms with E-state index >= 15 is 0 Å². The van der Waals surface area contributed by atoms with Crippen LogP contribution in [0, 0.1) is 5.92 Å². The normalized spacial score (nSPS) is 17.7. The second-order valence-electron chi connectivity index (χ2n) is 8.35. The van der Waals surface area contributed by atoms with Gasteiger partial charge in [0.2, 0.25) is 5.88 Å². The molecule has 2 N–H and O–H groups in total. The van der Waals surface area contributed by atoms with Crippen LogP contribution < -0.4 is 19.7 Å². The van der Waals surface area contributed by atoms with E-state index in [1.165, 1.54) is 11.9 Å². The molecule has 5 heterocycles. The lowest BCUT2D eigenvalue weighted by Crippen LogP contribution is -2.31. The zero-order valence-corrected chi connectivity index (χ0v) is 20.1. The third-order valence-electron chi connectivity index (χ3n) is 6.13. The summed E-state index contributed by atoms with van der Waals surface area (Å²) in [5.74, 6) is 1.78. The Balaban J connectivity index is 1.45. The van der Waals surface area contributed by atoms with Crippen molar-refractivity contribution < 1.29 is 9.53 Å². The van der Waals surface area contributed by atoms with Gasteiger partial charge in [0.05, 0.1) is 17.3 Å². The van der Waals surface area contributed by atoms with E-state index in [2.05, 4.69) is 36.0 Å². The summed E-state index contributed by atoms with van der Waals surface area (Å²) in [6, 6.07) is 11.7. The van der Waals surface area contributed by atoms with E-state index in [1.807, 2.05) is 36.5 Å². The summed E-state index contributed by atoms with van der Waals surface area (Å²) in [7, 11) is 1.60. The van der Waals surface area contributed by atoms with Crippen LogP contribution in [-0.4, -0.2) is 47.6 Å². The predicted molar refractivity (Wildman–Crippen MR) is 136 cm³/mol. The summed E-state index contributed by atoms with van der Waals surface area (Å²) in [5, 5.41) is 3.12. The molecule has 10 heteroatoms. The van der Waals surface area contributed by atoms with Crippen molar-refractivity contribution in [3.8, 4) is 16.3 Å². The summed E-state index contributed by atoms with van der Waals surface area (Å²) in [5.41, 5.74) is 3.30. The Kier molecular flexibility index (Phi) is 5.46. The summed E-state index contributed by atoms with van der Waals surface area (Å²) >= 11 is 3.09. The number of anilines is 2. The first kappa shape index (κ1) is 21.2. The number of thiophene rings is 1. The molecule has 8 bridgehead atoms. The molecule has 0 saturated carbocycles. The molecule has 2 aliphatic rings. The van der Waals surface area contributed by atoms with Gasteiger partial charge < -0.3 is 19.7 Å². The van der Waals surface area contributed by atoms with Crippen LogP contribution in [0.5, 0.6) is 5.88 Å². The second kappa shape index (κ2) is 8.77. The van der Waals surface area contributed by atoms with Gasteiger partial charge in [0.25, 0.3) is 5.91 Å². The third kappa shape index (κ3) is 3.92. The number of carbonyl (C=O) groups excluding carboxylic acids is 1. The molecular weight excluding hydrogens is 468 g/mol. The number of methoxy groups -OCH3 is 1. The molecule has 1 saturated heterocycles. The van der Waals surface area contributed by atoms with E-state index in [0.29, 0.717) is 23.9 Å². The maximum atomic E-state index is 12.8. The predicted octanol–water partition coefficient (Wildman–Crippen LogP) is 4.45. The number of carbonyl (C=O) groups is 1. The van der Waals surface area contributed by atoms with Crippen LogP contribution in [0.2, 0.25) is 0 Å². The molecule has 0 spiro atoms. The van der Waals surface area contributed by atoms with Crippen LogP contribution in [0.1, 0.15) is 16.8 Å². The first-order valence-electron chi connectivity index (χ1n) is 11.0. The monoisotopic (exact) mass is 490 g/mol. The van der Waals surface area contributed by atoms with Crippen LogP contribution in [-0.2, 0) is 0 Å². The molecule has 1 atom stereocenters. The van der Waals surface area contributed by atoms with Gasteiger partial charge in [0, 0.05) is 46.7 Å². The maximum absolute atomic E-state index is 12.8. The first-order chi connectivity index (χ1) is 16.7. The molecule has 0 aliphatic carbocycles. The first-order valence-corrected chi connectivity index (χ1v) is 12.7. The minimum absolute atomic E-state index is 0.0596. The van der Waals surface area contributed by atoms with Crippen molar-refractivity contribution in [3.63, 3.8) is 0 Å². The SMILES string of the molecule is COc1ncc2cc1NSc1cccc(c1)C(=O)NCC1CCN(C1)c1ncnc3cc-2sc13. The number of hydrogen-bond acceptors (Lipinski definition) is 9. The summed E-state index contributed by atoms with van der Waals surface area (Å²) < 4.78 is 9.89. The van der Waals surface area contributed by atoms with Gasteiger partial charge in [-0.15, -0.1) is 11.3 Å². The Morgan fingerprint density at radius 3 is 3.00 bits per heavy atom. The molecule has 34 heavy (non-hydrogen) atoms. The highest BCUT2D eigenvalue weighted by atomic mass is 32.2. The Bertz CT molecular complexity index is 1390. The van der Waals surface area contributed by atoms with Crippen LogP contribution >= 0.6 is 23.3 Å². The van der Waals surface area contributed by atoms with E-state index in [-0.39, 0.29) is 5.91 Å². The highest BCUT2D eigenvalue weighted by Crippen LogP contribution is 2.40.